The van der Waals surface area contributed by atoms with Gasteiger partial charge in [-0.05, 0) is 45.4 Å². The van der Waals surface area contributed by atoms with Gasteiger partial charge >= 0.3 is 11.9 Å². The van der Waals surface area contributed by atoms with Crippen molar-refractivity contribution in [1.29, 1.82) is 0 Å². The molecule has 0 unspecified atom stereocenters. The van der Waals surface area contributed by atoms with Gasteiger partial charge < -0.3 is 13.9 Å². The largest absolute Gasteiger partial charge is 0.462 e. The molecule has 0 aliphatic heterocycles. The molecule has 0 saturated heterocycles. The fourth-order valence-electron chi connectivity index (χ4n) is 2.90. The minimum atomic E-state index is -1.26. The van der Waals surface area contributed by atoms with Gasteiger partial charge in [0.05, 0.1) is 18.5 Å². The second-order valence-electron chi connectivity index (χ2n) is 7.07. The van der Waals surface area contributed by atoms with Crippen molar-refractivity contribution < 1.29 is 28.3 Å². The summed E-state index contributed by atoms with van der Waals surface area (Å²) in [4.78, 5) is 38.3. The first-order valence-electron chi connectivity index (χ1n) is 9.32. The van der Waals surface area contributed by atoms with Crippen LogP contribution in [0, 0.1) is 5.92 Å². The van der Waals surface area contributed by atoms with Crippen LogP contribution in [0.1, 0.15) is 56.2 Å². The molecule has 0 amide bonds. The van der Waals surface area contributed by atoms with Crippen molar-refractivity contribution in [2.45, 2.75) is 52.2 Å². The molecule has 1 aromatic heterocycles. The minimum absolute atomic E-state index is 0.0947. The van der Waals surface area contributed by atoms with E-state index in [1.54, 1.807) is 64.1 Å². The van der Waals surface area contributed by atoms with Crippen LogP contribution in [0.5, 0.6) is 0 Å². The summed E-state index contributed by atoms with van der Waals surface area (Å²) in [6, 6.07) is 12.1. The minimum Gasteiger partial charge on any atom is -0.462 e. The maximum Gasteiger partial charge on any atom is 0.321 e. The van der Waals surface area contributed by atoms with Crippen LogP contribution in [-0.4, -0.2) is 29.9 Å². The Kier molecular flexibility index (Phi) is 7.55. The molecule has 0 bridgehead atoms. The van der Waals surface area contributed by atoms with Crippen LogP contribution in [0.3, 0.4) is 0 Å². The molecule has 0 radical (unpaired) electrons. The van der Waals surface area contributed by atoms with Crippen molar-refractivity contribution in [2.75, 3.05) is 0 Å². The topological polar surface area (TPSA) is 82.8 Å². The van der Waals surface area contributed by atoms with Crippen molar-refractivity contribution in [2.24, 2.45) is 5.92 Å². The Morgan fingerprint density at radius 2 is 1.43 bits per heavy atom. The van der Waals surface area contributed by atoms with Crippen LogP contribution in [0.25, 0.3) is 0 Å². The third-order valence-electron chi connectivity index (χ3n) is 4.04. The van der Waals surface area contributed by atoms with Gasteiger partial charge in [-0.3, -0.25) is 14.4 Å². The highest BCUT2D eigenvalue weighted by Gasteiger charge is 2.40. The van der Waals surface area contributed by atoms with E-state index in [9.17, 15) is 14.4 Å². The number of carbonyl (C=O) groups is 3. The smallest absolute Gasteiger partial charge is 0.321 e. The van der Waals surface area contributed by atoms with Gasteiger partial charge in [0.15, 0.2) is 17.5 Å². The lowest BCUT2D eigenvalue weighted by atomic mass is 9.81. The highest BCUT2D eigenvalue weighted by Crippen LogP contribution is 2.32. The number of Topliss-reactive ketones (excluding diaryl/α,β-unsaturated/α-hetero) is 1. The number of hydrogen-bond donors (Lipinski definition) is 0. The summed E-state index contributed by atoms with van der Waals surface area (Å²) < 4.78 is 15.8. The maximum absolute atomic E-state index is 12.8. The van der Waals surface area contributed by atoms with Gasteiger partial charge in [0, 0.05) is 12.3 Å². The molecule has 0 aliphatic carbocycles. The second-order valence-corrected chi connectivity index (χ2v) is 7.07. The summed E-state index contributed by atoms with van der Waals surface area (Å²) in [5.41, 5.74) is 0.675. The van der Waals surface area contributed by atoms with Crippen LogP contribution in [-0.2, 0) is 19.1 Å². The first-order chi connectivity index (χ1) is 13.3. The SMILES string of the molecule is CC(C)OC(=O)C(C(=O)OC(C)C)[C@H](CC(=O)c1ccco1)c1ccccc1. The van der Waals surface area contributed by atoms with E-state index < -0.39 is 36.0 Å². The zero-order valence-electron chi connectivity index (χ0n) is 16.6. The Morgan fingerprint density at radius 3 is 1.89 bits per heavy atom. The van der Waals surface area contributed by atoms with Gasteiger partial charge in [-0.2, -0.15) is 0 Å². The van der Waals surface area contributed by atoms with Crippen molar-refractivity contribution in [3.8, 4) is 0 Å². The van der Waals surface area contributed by atoms with Crippen molar-refractivity contribution in [3.05, 3.63) is 60.1 Å². The third-order valence-corrected chi connectivity index (χ3v) is 4.04. The Hall–Kier alpha value is -2.89. The number of ketones is 1. The molecular formula is C22H26O6. The summed E-state index contributed by atoms with van der Waals surface area (Å²) in [6.07, 6.45) is 0.503. The molecular weight excluding hydrogens is 360 g/mol. The van der Waals surface area contributed by atoms with E-state index in [4.69, 9.17) is 13.9 Å². The lowest BCUT2D eigenvalue weighted by Crippen LogP contribution is -2.36. The van der Waals surface area contributed by atoms with E-state index in [-0.39, 0.29) is 18.0 Å². The Morgan fingerprint density at radius 1 is 0.857 bits per heavy atom. The van der Waals surface area contributed by atoms with E-state index in [1.165, 1.54) is 6.26 Å². The molecule has 0 N–H and O–H groups in total. The fourth-order valence-corrected chi connectivity index (χ4v) is 2.90. The van der Waals surface area contributed by atoms with Gasteiger partial charge in [-0.25, -0.2) is 0 Å². The molecule has 6 heteroatoms. The molecule has 0 saturated carbocycles. The zero-order valence-corrected chi connectivity index (χ0v) is 16.6. The lowest BCUT2D eigenvalue weighted by molar-refractivity contribution is -0.167. The average Bonchev–Trinajstić information content (AvgIpc) is 3.15. The van der Waals surface area contributed by atoms with Crippen LogP contribution < -0.4 is 0 Å². The number of carbonyl (C=O) groups excluding carboxylic acids is 3. The second kappa shape index (κ2) is 9.88. The van der Waals surface area contributed by atoms with E-state index in [1.807, 2.05) is 6.07 Å². The van der Waals surface area contributed by atoms with E-state index in [2.05, 4.69) is 0 Å². The molecule has 2 aromatic rings. The normalized spacial score (nSPS) is 12.2. The highest BCUT2D eigenvalue weighted by molar-refractivity contribution is 5.99. The monoisotopic (exact) mass is 386 g/mol. The van der Waals surface area contributed by atoms with Crippen molar-refractivity contribution in [3.63, 3.8) is 0 Å². The zero-order chi connectivity index (χ0) is 20.7. The molecule has 6 nitrogen and oxygen atoms in total. The van der Waals surface area contributed by atoms with Gasteiger partial charge in [0.25, 0.3) is 0 Å². The van der Waals surface area contributed by atoms with Crippen LogP contribution in [0.2, 0.25) is 0 Å². The summed E-state index contributed by atoms with van der Waals surface area (Å²) in [6.45, 7) is 6.81. The van der Waals surface area contributed by atoms with Crippen LogP contribution in [0.4, 0.5) is 0 Å². The van der Waals surface area contributed by atoms with E-state index in [0.29, 0.717) is 5.56 Å². The standard InChI is InChI=1S/C22H26O6/c1-14(2)27-21(24)20(22(25)28-15(3)4)17(16-9-6-5-7-10-16)13-18(23)19-11-8-12-26-19/h5-12,14-15,17,20H,13H2,1-4H3/t17-/m1/s1. The molecule has 28 heavy (non-hydrogen) atoms. The van der Waals surface area contributed by atoms with E-state index >= 15 is 0 Å². The predicted octanol–water partition coefficient (Wildman–Crippen LogP) is 4.16. The van der Waals surface area contributed by atoms with Gasteiger partial charge in [-0.15, -0.1) is 0 Å². The number of hydrogen-bond acceptors (Lipinski definition) is 6. The highest BCUT2D eigenvalue weighted by atomic mass is 16.6. The Balaban J connectivity index is 2.42. The molecule has 0 aliphatic rings. The van der Waals surface area contributed by atoms with Gasteiger partial charge in [0.2, 0.25) is 0 Å². The molecule has 0 fully saturated rings. The molecule has 150 valence electrons. The lowest BCUT2D eigenvalue weighted by Gasteiger charge is -2.26. The fraction of sp³-hybridized carbons (Fsp3) is 0.409. The molecule has 1 aromatic carbocycles. The number of esters is 2. The number of benzene rings is 1. The van der Waals surface area contributed by atoms with Crippen molar-refractivity contribution >= 4 is 17.7 Å². The molecule has 1 heterocycles. The van der Waals surface area contributed by atoms with Gasteiger partial charge in [-0.1, -0.05) is 30.3 Å². The summed E-state index contributed by atoms with van der Waals surface area (Å²) >= 11 is 0. The Labute approximate surface area is 164 Å². The van der Waals surface area contributed by atoms with Crippen LogP contribution in [0.15, 0.2) is 53.1 Å². The predicted molar refractivity (Wildman–Crippen MR) is 103 cm³/mol. The number of furan rings is 1. The third kappa shape index (κ3) is 5.81. The first kappa shape index (κ1) is 21.4. The summed E-state index contributed by atoms with van der Waals surface area (Å²) in [5.74, 6) is -3.54. The maximum atomic E-state index is 12.8. The van der Waals surface area contributed by atoms with E-state index in [0.717, 1.165) is 0 Å². The molecule has 2 rings (SSSR count). The molecule has 1 atom stereocenters. The van der Waals surface area contributed by atoms with Crippen molar-refractivity contribution in [1.82, 2.24) is 0 Å². The van der Waals surface area contributed by atoms with Gasteiger partial charge in [0.1, 0.15) is 0 Å². The average molecular weight is 386 g/mol. The number of ether oxygens (including phenoxy) is 2. The van der Waals surface area contributed by atoms with Crippen LogP contribution >= 0.6 is 0 Å². The summed E-state index contributed by atoms with van der Waals surface area (Å²) in [5, 5.41) is 0. The quantitative estimate of drug-likeness (QED) is 0.366. The number of rotatable bonds is 9. The molecule has 0 spiro atoms. The summed E-state index contributed by atoms with van der Waals surface area (Å²) in [7, 11) is 0. The first-order valence-corrected chi connectivity index (χ1v) is 9.32. The Bertz CT molecular complexity index is 755.